The van der Waals surface area contributed by atoms with Crippen molar-refractivity contribution in [2.75, 3.05) is 23.3 Å². The molecule has 1 aliphatic carbocycles. The van der Waals surface area contributed by atoms with E-state index in [4.69, 9.17) is 4.98 Å². The van der Waals surface area contributed by atoms with Crippen molar-refractivity contribution in [3.05, 3.63) is 54.2 Å². The average Bonchev–Trinajstić information content (AvgIpc) is 3.11. The van der Waals surface area contributed by atoms with E-state index in [1.807, 2.05) is 6.92 Å². The minimum atomic E-state index is -0.418. The molecule has 0 amide bonds. The van der Waals surface area contributed by atoms with Crippen molar-refractivity contribution >= 4 is 22.5 Å². The van der Waals surface area contributed by atoms with E-state index in [9.17, 15) is 9.50 Å². The van der Waals surface area contributed by atoms with Gasteiger partial charge >= 0.3 is 0 Å². The lowest BCUT2D eigenvalue weighted by Crippen LogP contribution is -2.43. The van der Waals surface area contributed by atoms with E-state index >= 15 is 0 Å². The molecule has 5 rings (SSSR count). The van der Waals surface area contributed by atoms with Gasteiger partial charge < -0.3 is 15.3 Å². The lowest BCUT2D eigenvalue weighted by molar-refractivity contribution is 0.0737. The molecule has 29 heavy (non-hydrogen) atoms. The number of hydrogen-bond acceptors (Lipinski definition) is 6. The zero-order valence-electron chi connectivity index (χ0n) is 16.3. The summed E-state index contributed by atoms with van der Waals surface area (Å²) >= 11 is 0. The topological polar surface area (TPSA) is 74.2 Å². The molecule has 3 heterocycles. The number of aromatic nitrogens is 3. The van der Waals surface area contributed by atoms with E-state index < -0.39 is 6.10 Å². The number of nitrogens with one attached hydrogen (secondary N) is 1. The molecule has 2 aliphatic rings. The number of aryl methyl sites for hydroxylation is 1. The predicted molar refractivity (Wildman–Crippen MR) is 110 cm³/mol. The quantitative estimate of drug-likeness (QED) is 0.712. The van der Waals surface area contributed by atoms with Crippen LogP contribution in [0.15, 0.2) is 42.9 Å². The number of pyridine rings is 1. The average molecular weight is 393 g/mol. The first-order valence-corrected chi connectivity index (χ1v) is 10.1. The molecule has 1 saturated heterocycles. The summed E-state index contributed by atoms with van der Waals surface area (Å²) in [6.45, 7) is 3.80. The SMILES string of the molecule is Cc1cc(N2C[C@H]3C[C@@H](Nc4cnccn4)[C@H](O)C[C@H]3C2)nc2cc(F)ccc12. The molecule has 0 bridgehead atoms. The van der Waals surface area contributed by atoms with Crippen molar-refractivity contribution in [3.63, 3.8) is 0 Å². The number of fused-ring (bicyclic) bond motifs is 2. The molecule has 2 N–H and O–H groups in total. The van der Waals surface area contributed by atoms with Crippen LogP contribution in [0.2, 0.25) is 0 Å². The number of rotatable bonds is 3. The third kappa shape index (κ3) is 3.51. The van der Waals surface area contributed by atoms with E-state index in [0.29, 0.717) is 23.2 Å². The van der Waals surface area contributed by atoms with E-state index in [1.54, 1.807) is 24.7 Å². The number of aliphatic hydroxyl groups excluding tert-OH is 1. The van der Waals surface area contributed by atoms with Crippen LogP contribution in [0.1, 0.15) is 18.4 Å². The van der Waals surface area contributed by atoms with Crippen LogP contribution in [0.5, 0.6) is 0 Å². The Balaban J connectivity index is 1.35. The van der Waals surface area contributed by atoms with Crippen molar-refractivity contribution in [3.8, 4) is 0 Å². The van der Waals surface area contributed by atoms with Gasteiger partial charge in [-0.2, -0.15) is 0 Å². The number of benzene rings is 1. The third-order valence-electron chi connectivity index (χ3n) is 6.33. The maximum absolute atomic E-state index is 13.7. The lowest BCUT2D eigenvalue weighted by Gasteiger charge is -2.35. The summed E-state index contributed by atoms with van der Waals surface area (Å²) in [5, 5.41) is 15.0. The number of halogens is 1. The first-order valence-electron chi connectivity index (χ1n) is 10.1. The molecular formula is C22H24FN5O. The van der Waals surface area contributed by atoms with Gasteiger partial charge in [-0.1, -0.05) is 0 Å². The molecule has 3 aromatic rings. The maximum atomic E-state index is 13.7. The second kappa shape index (κ2) is 7.22. The van der Waals surface area contributed by atoms with E-state index in [1.165, 1.54) is 12.1 Å². The normalized spacial score (nSPS) is 26.5. The standard InChI is InChI=1S/C22H24FN5O/c1-13-6-22(27-18-9-16(23)2-3-17(13)18)28-11-14-7-19(20(29)8-15(14)12-28)26-21-10-24-4-5-25-21/h2-6,9-10,14-15,19-20,29H,7-8,11-12H2,1H3,(H,25,26)/t14-,15+,19-,20-/m1/s1. The van der Waals surface area contributed by atoms with Gasteiger partial charge in [-0.05, 0) is 55.4 Å². The minimum Gasteiger partial charge on any atom is -0.391 e. The van der Waals surface area contributed by atoms with Crippen LogP contribution in [-0.4, -0.2) is 45.3 Å². The fourth-order valence-corrected chi connectivity index (χ4v) is 4.86. The van der Waals surface area contributed by atoms with Crippen molar-refractivity contribution in [1.82, 2.24) is 15.0 Å². The van der Waals surface area contributed by atoms with Gasteiger partial charge in [-0.3, -0.25) is 4.98 Å². The maximum Gasteiger partial charge on any atom is 0.144 e. The molecule has 7 heteroatoms. The summed E-state index contributed by atoms with van der Waals surface area (Å²) < 4.78 is 13.7. The zero-order valence-corrected chi connectivity index (χ0v) is 16.3. The molecule has 1 aliphatic heterocycles. The van der Waals surface area contributed by atoms with Crippen LogP contribution in [0.4, 0.5) is 16.0 Å². The van der Waals surface area contributed by atoms with Gasteiger partial charge in [0.15, 0.2) is 0 Å². The molecular weight excluding hydrogens is 369 g/mol. The molecule has 2 aromatic heterocycles. The Hall–Kier alpha value is -2.80. The summed E-state index contributed by atoms with van der Waals surface area (Å²) in [6.07, 6.45) is 6.17. The van der Waals surface area contributed by atoms with Gasteiger partial charge in [0.05, 0.1) is 23.9 Å². The van der Waals surface area contributed by atoms with Crippen LogP contribution in [-0.2, 0) is 0 Å². The third-order valence-corrected chi connectivity index (χ3v) is 6.33. The van der Waals surface area contributed by atoms with Crippen molar-refractivity contribution in [2.45, 2.75) is 31.9 Å². The van der Waals surface area contributed by atoms with Crippen molar-refractivity contribution in [1.29, 1.82) is 0 Å². The number of nitrogens with zero attached hydrogens (tertiary/aromatic N) is 4. The van der Waals surface area contributed by atoms with E-state index in [2.05, 4.69) is 26.3 Å². The summed E-state index contributed by atoms with van der Waals surface area (Å²) in [7, 11) is 0. The predicted octanol–water partition coefficient (Wildman–Crippen LogP) is 3.16. The molecule has 0 spiro atoms. The molecule has 0 radical (unpaired) electrons. The summed E-state index contributed by atoms with van der Waals surface area (Å²) in [5.74, 6) is 2.22. The number of aliphatic hydroxyl groups is 1. The summed E-state index contributed by atoms with van der Waals surface area (Å²) in [6, 6.07) is 6.82. The molecule has 6 nitrogen and oxygen atoms in total. The Labute approximate surface area is 168 Å². The lowest BCUT2D eigenvalue weighted by atomic mass is 9.77. The fourth-order valence-electron chi connectivity index (χ4n) is 4.86. The number of hydrogen-bond donors (Lipinski definition) is 2. The van der Waals surface area contributed by atoms with E-state index in [-0.39, 0.29) is 11.9 Å². The second-order valence-corrected chi connectivity index (χ2v) is 8.26. The number of anilines is 2. The fraction of sp³-hybridized carbons (Fsp3) is 0.409. The van der Waals surface area contributed by atoms with Gasteiger partial charge in [0.1, 0.15) is 17.5 Å². The molecule has 0 unspecified atom stereocenters. The Bertz CT molecular complexity index is 1030. The van der Waals surface area contributed by atoms with Crippen LogP contribution in [0, 0.1) is 24.6 Å². The summed E-state index contributed by atoms with van der Waals surface area (Å²) in [5.41, 5.74) is 1.79. The Morgan fingerprint density at radius 3 is 2.76 bits per heavy atom. The highest BCUT2D eigenvalue weighted by Crippen LogP contribution is 2.39. The first kappa shape index (κ1) is 18.2. The Morgan fingerprint density at radius 2 is 1.97 bits per heavy atom. The Morgan fingerprint density at radius 1 is 1.14 bits per heavy atom. The first-order chi connectivity index (χ1) is 14.1. The molecule has 1 aromatic carbocycles. The van der Waals surface area contributed by atoms with Gasteiger partial charge in [-0.15, -0.1) is 0 Å². The van der Waals surface area contributed by atoms with Gasteiger partial charge in [0.2, 0.25) is 0 Å². The van der Waals surface area contributed by atoms with Crippen LogP contribution < -0.4 is 10.2 Å². The van der Waals surface area contributed by atoms with Crippen LogP contribution >= 0.6 is 0 Å². The zero-order chi connectivity index (χ0) is 20.0. The monoisotopic (exact) mass is 393 g/mol. The smallest absolute Gasteiger partial charge is 0.144 e. The van der Waals surface area contributed by atoms with Crippen LogP contribution in [0.3, 0.4) is 0 Å². The highest BCUT2D eigenvalue weighted by Gasteiger charge is 2.42. The largest absolute Gasteiger partial charge is 0.391 e. The summed E-state index contributed by atoms with van der Waals surface area (Å²) in [4.78, 5) is 15.4. The molecule has 150 valence electrons. The molecule has 2 fully saturated rings. The van der Waals surface area contributed by atoms with Crippen LogP contribution in [0.25, 0.3) is 10.9 Å². The van der Waals surface area contributed by atoms with Gasteiger partial charge in [0.25, 0.3) is 0 Å². The van der Waals surface area contributed by atoms with Crippen molar-refractivity contribution < 1.29 is 9.50 Å². The molecule has 1 saturated carbocycles. The van der Waals surface area contributed by atoms with Gasteiger partial charge in [-0.25, -0.2) is 14.4 Å². The van der Waals surface area contributed by atoms with E-state index in [0.717, 1.165) is 42.7 Å². The highest BCUT2D eigenvalue weighted by atomic mass is 19.1. The highest BCUT2D eigenvalue weighted by molar-refractivity contribution is 5.84. The van der Waals surface area contributed by atoms with Crippen molar-refractivity contribution in [2.24, 2.45) is 11.8 Å². The Kier molecular flexibility index (Phi) is 4.54. The van der Waals surface area contributed by atoms with Gasteiger partial charge in [0, 0.05) is 36.9 Å². The second-order valence-electron chi connectivity index (χ2n) is 8.26. The molecule has 4 atom stereocenters. The minimum absolute atomic E-state index is 0.0340.